The van der Waals surface area contributed by atoms with E-state index in [-0.39, 0.29) is 24.0 Å². The van der Waals surface area contributed by atoms with Crippen LogP contribution in [0.4, 0.5) is 4.39 Å². The molecule has 0 radical (unpaired) electrons. The molecule has 1 saturated heterocycles. The van der Waals surface area contributed by atoms with E-state index in [2.05, 4.69) is 9.97 Å². The summed E-state index contributed by atoms with van der Waals surface area (Å²) < 4.78 is 20.8. The lowest BCUT2D eigenvalue weighted by Crippen LogP contribution is -2.54. The van der Waals surface area contributed by atoms with Crippen molar-refractivity contribution in [2.45, 2.75) is 19.4 Å². The van der Waals surface area contributed by atoms with Gasteiger partial charge in [0.25, 0.3) is 5.91 Å². The van der Waals surface area contributed by atoms with Crippen LogP contribution in [0.2, 0.25) is 0 Å². The largest absolute Gasteiger partial charge is 0.453 e. The molecule has 3 heterocycles. The number of rotatable bonds is 6. The van der Waals surface area contributed by atoms with Crippen molar-refractivity contribution in [1.82, 2.24) is 19.8 Å². The number of aryl methyl sites for hydroxylation is 1. The fraction of sp³-hybridized carbons (Fsp3) is 0.250. The average Bonchev–Trinajstić information content (AvgIpc) is 3.31. The molecule has 2 aromatic heterocycles. The van der Waals surface area contributed by atoms with Gasteiger partial charge in [0.1, 0.15) is 11.4 Å². The summed E-state index contributed by atoms with van der Waals surface area (Å²) >= 11 is 0. The van der Waals surface area contributed by atoms with Crippen molar-refractivity contribution < 1.29 is 18.7 Å². The second-order valence-electron chi connectivity index (χ2n) is 9.17. The maximum Gasteiger partial charge on any atom is 0.253 e. The quantitative estimate of drug-likeness (QED) is 0.420. The highest BCUT2D eigenvalue weighted by Crippen LogP contribution is 2.32. The Morgan fingerprint density at radius 1 is 1.05 bits per heavy atom. The third kappa shape index (κ3) is 5.17. The van der Waals surface area contributed by atoms with Crippen LogP contribution >= 0.6 is 0 Å². The Labute approximate surface area is 213 Å². The van der Waals surface area contributed by atoms with E-state index in [1.807, 2.05) is 31.3 Å². The van der Waals surface area contributed by atoms with Crippen LogP contribution in [0.25, 0.3) is 11.0 Å². The molecule has 1 fully saturated rings. The molecule has 1 atom stereocenters. The highest BCUT2D eigenvalue weighted by atomic mass is 19.1. The number of hydrogen-bond donors (Lipinski definition) is 2. The van der Waals surface area contributed by atoms with Crippen molar-refractivity contribution in [2.75, 3.05) is 26.2 Å². The van der Waals surface area contributed by atoms with E-state index in [0.717, 1.165) is 10.9 Å². The second kappa shape index (κ2) is 10.4. The van der Waals surface area contributed by atoms with E-state index in [1.54, 1.807) is 46.3 Å². The Hall–Kier alpha value is -4.24. The van der Waals surface area contributed by atoms with Gasteiger partial charge in [0, 0.05) is 44.1 Å². The summed E-state index contributed by atoms with van der Waals surface area (Å²) in [7, 11) is 0. The van der Waals surface area contributed by atoms with Crippen LogP contribution in [0, 0.1) is 12.7 Å². The van der Waals surface area contributed by atoms with E-state index in [9.17, 15) is 14.0 Å². The number of carbonyl (C=O) groups is 2. The molecule has 0 spiro atoms. The van der Waals surface area contributed by atoms with Gasteiger partial charge in [-0.15, -0.1) is 0 Å². The van der Waals surface area contributed by atoms with Crippen molar-refractivity contribution in [2.24, 2.45) is 5.73 Å². The number of carbonyl (C=O) groups excluding carboxylic acids is 2. The number of nitrogens with one attached hydrogen (secondary N) is 1. The molecule has 9 heteroatoms. The molecular weight excluding hydrogens is 473 g/mol. The Morgan fingerprint density at radius 2 is 1.78 bits per heavy atom. The summed E-state index contributed by atoms with van der Waals surface area (Å²) in [4.78, 5) is 36.3. The first-order valence-electron chi connectivity index (χ1n) is 12.2. The van der Waals surface area contributed by atoms with Crippen molar-refractivity contribution >= 4 is 22.8 Å². The number of H-pyrrole nitrogens is 1. The molecule has 3 N–H and O–H groups in total. The maximum absolute atomic E-state index is 14.9. The zero-order chi connectivity index (χ0) is 25.9. The van der Waals surface area contributed by atoms with Crippen LogP contribution in [0.1, 0.15) is 21.5 Å². The molecule has 5 rings (SSSR count). The molecule has 190 valence electrons. The highest BCUT2D eigenvalue weighted by Gasteiger charge is 2.28. The fourth-order valence-electron chi connectivity index (χ4n) is 4.61. The molecule has 0 bridgehead atoms. The molecule has 2 aromatic carbocycles. The third-order valence-corrected chi connectivity index (χ3v) is 6.62. The number of hydrogen-bond acceptors (Lipinski definition) is 5. The molecule has 4 aromatic rings. The summed E-state index contributed by atoms with van der Waals surface area (Å²) in [6.07, 6.45) is 3.61. The molecule has 37 heavy (non-hydrogen) atoms. The minimum absolute atomic E-state index is 0.0473. The summed E-state index contributed by atoms with van der Waals surface area (Å²) in [5, 5.41) is 0.796. The van der Waals surface area contributed by atoms with Crippen molar-refractivity contribution in [3.05, 3.63) is 89.5 Å². The molecule has 0 aliphatic carbocycles. The van der Waals surface area contributed by atoms with E-state index < -0.39 is 11.9 Å². The monoisotopic (exact) mass is 501 g/mol. The van der Waals surface area contributed by atoms with E-state index in [0.29, 0.717) is 48.7 Å². The van der Waals surface area contributed by atoms with Crippen LogP contribution in [0.5, 0.6) is 11.5 Å². The molecule has 1 unspecified atom stereocenters. The lowest BCUT2D eigenvalue weighted by Gasteiger charge is -2.36. The first kappa shape index (κ1) is 24.5. The van der Waals surface area contributed by atoms with Gasteiger partial charge in [0.15, 0.2) is 11.6 Å². The Morgan fingerprint density at radius 3 is 2.51 bits per heavy atom. The number of halogens is 1. The van der Waals surface area contributed by atoms with Gasteiger partial charge in [-0.25, -0.2) is 9.37 Å². The van der Waals surface area contributed by atoms with Crippen LogP contribution in [0.3, 0.4) is 0 Å². The third-order valence-electron chi connectivity index (χ3n) is 6.62. The number of nitrogens with two attached hydrogens (primary N) is 1. The van der Waals surface area contributed by atoms with Gasteiger partial charge in [0.05, 0.1) is 11.4 Å². The zero-order valence-corrected chi connectivity index (χ0v) is 20.5. The average molecular weight is 502 g/mol. The van der Waals surface area contributed by atoms with E-state index in [1.165, 1.54) is 6.07 Å². The minimum atomic E-state index is -0.815. The van der Waals surface area contributed by atoms with Crippen LogP contribution in [0.15, 0.2) is 67.0 Å². The first-order chi connectivity index (χ1) is 17.9. The minimum Gasteiger partial charge on any atom is -0.453 e. The number of aromatic amines is 1. The van der Waals surface area contributed by atoms with Crippen molar-refractivity contribution in [3.63, 3.8) is 0 Å². The SMILES string of the molecule is Cc1c[nH]c2nccc(Oc3ccc(CC(N)C(=O)N4CCN(C(=O)c5ccccc5)CC4)cc3F)c12. The molecular formula is C28H28FN5O3. The standard InChI is InChI=1S/C28H28FN5O3/c1-18-17-32-26-25(18)24(9-10-31-26)37-23-8-7-19(15-21(23)29)16-22(30)28(36)34-13-11-33(12-14-34)27(35)20-5-3-2-4-6-20/h2-10,15,17,22H,11-14,16,30H2,1H3,(H,31,32). The van der Waals surface area contributed by atoms with Gasteiger partial charge in [-0.3, -0.25) is 9.59 Å². The van der Waals surface area contributed by atoms with Crippen molar-refractivity contribution in [3.8, 4) is 11.5 Å². The van der Waals surface area contributed by atoms with E-state index in [4.69, 9.17) is 10.5 Å². The number of benzene rings is 2. The normalized spacial score (nSPS) is 14.6. The zero-order valence-electron chi connectivity index (χ0n) is 20.5. The highest BCUT2D eigenvalue weighted by molar-refractivity contribution is 5.94. The Kier molecular flexibility index (Phi) is 6.87. The van der Waals surface area contributed by atoms with Gasteiger partial charge in [0.2, 0.25) is 5.91 Å². The van der Waals surface area contributed by atoms with Gasteiger partial charge in [-0.1, -0.05) is 24.3 Å². The van der Waals surface area contributed by atoms with Crippen LogP contribution in [-0.2, 0) is 11.2 Å². The Bertz CT molecular complexity index is 1430. The van der Waals surface area contributed by atoms with Crippen molar-refractivity contribution in [1.29, 1.82) is 0 Å². The number of aromatic nitrogens is 2. The molecule has 2 amide bonds. The summed E-state index contributed by atoms with van der Waals surface area (Å²) in [5.41, 5.74) is 9.05. The number of ether oxygens (including phenoxy) is 1. The summed E-state index contributed by atoms with van der Waals surface area (Å²) in [5.74, 6) is -0.213. The van der Waals surface area contributed by atoms with Gasteiger partial charge in [-0.2, -0.15) is 0 Å². The number of nitrogens with zero attached hydrogens (tertiary/aromatic N) is 3. The number of fused-ring (bicyclic) bond motifs is 1. The molecule has 0 saturated carbocycles. The van der Waals surface area contributed by atoms with Gasteiger partial charge in [-0.05, 0) is 54.8 Å². The molecule has 1 aliphatic heterocycles. The summed E-state index contributed by atoms with van der Waals surface area (Å²) in [6, 6.07) is 14.6. The first-order valence-corrected chi connectivity index (χ1v) is 12.2. The Balaban J connectivity index is 1.18. The predicted octanol–water partition coefficient (Wildman–Crippen LogP) is 3.66. The number of piperazine rings is 1. The molecule has 1 aliphatic rings. The summed E-state index contributed by atoms with van der Waals surface area (Å²) in [6.45, 7) is 3.62. The maximum atomic E-state index is 14.9. The smallest absolute Gasteiger partial charge is 0.253 e. The van der Waals surface area contributed by atoms with Gasteiger partial charge >= 0.3 is 0 Å². The van der Waals surface area contributed by atoms with Gasteiger partial charge < -0.3 is 25.3 Å². The lowest BCUT2D eigenvalue weighted by molar-refractivity contribution is -0.134. The van der Waals surface area contributed by atoms with E-state index >= 15 is 0 Å². The van der Waals surface area contributed by atoms with Crippen LogP contribution < -0.4 is 10.5 Å². The second-order valence-corrected chi connectivity index (χ2v) is 9.17. The fourth-order valence-corrected chi connectivity index (χ4v) is 4.61. The predicted molar refractivity (Wildman–Crippen MR) is 138 cm³/mol. The lowest BCUT2D eigenvalue weighted by atomic mass is 10.0. The number of amides is 2. The topological polar surface area (TPSA) is 105 Å². The van der Waals surface area contributed by atoms with Crippen LogP contribution in [-0.4, -0.2) is 63.8 Å². The molecule has 8 nitrogen and oxygen atoms in total. The number of pyridine rings is 1.